The van der Waals surface area contributed by atoms with E-state index in [0.717, 1.165) is 11.4 Å². The van der Waals surface area contributed by atoms with Gasteiger partial charge in [0.05, 0.1) is 5.69 Å². The molecule has 21 heavy (non-hydrogen) atoms. The first-order valence-corrected chi connectivity index (χ1v) is 6.53. The van der Waals surface area contributed by atoms with Gasteiger partial charge < -0.3 is 14.0 Å². The van der Waals surface area contributed by atoms with Crippen LogP contribution in [0.3, 0.4) is 0 Å². The lowest BCUT2D eigenvalue weighted by atomic mass is 10.3. The van der Waals surface area contributed by atoms with E-state index in [1.807, 2.05) is 49.4 Å². The second kappa shape index (κ2) is 6.09. The fraction of sp³-hybridized carbons (Fsp3) is 0.125. The van der Waals surface area contributed by atoms with Gasteiger partial charge in [0, 0.05) is 18.3 Å². The molecule has 0 aliphatic rings. The molecule has 0 saturated carbocycles. The number of hydrogen-bond acceptors (Lipinski definition) is 5. The zero-order valence-electron chi connectivity index (χ0n) is 11.5. The maximum Gasteiger partial charge on any atom is 0.219 e. The summed E-state index contributed by atoms with van der Waals surface area (Å²) in [5.41, 5.74) is 0.840. The van der Waals surface area contributed by atoms with Gasteiger partial charge in [0.25, 0.3) is 0 Å². The maximum absolute atomic E-state index is 5.61. The van der Waals surface area contributed by atoms with E-state index < -0.39 is 0 Å². The van der Waals surface area contributed by atoms with Gasteiger partial charge in [-0.3, -0.25) is 0 Å². The van der Waals surface area contributed by atoms with Gasteiger partial charge in [-0.05, 0) is 37.3 Å². The van der Waals surface area contributed by atoms with Gasteiger partial charge in [-0.1, -0.05) is 11.2 Å². The highest BCUT2D eigenvalue weighted by molar-refractivity contribution is 5.33. The molecule has 2 aromatic heterocycles. The topological polar surface area (TPSA) is 57.4 Å². The predicted octanol–water partition coefficient (Wildman–Crippen LogP) is 3.75. The van der Waals surface area contributed by atoms with Crippen LogP contribution in [0, 0.1) is 6.92 Å². The number of ether oxygens (including phenoxy) is 2. The molecule has 0 N–H and O–H groups in total. The molecule has 0 fully saturated rings. The summed E-state index contributed by atoms with van der Waals surface area (Å²) in [6, 6.07) is 14.7. The lowest BCUT2D eigenvalue weighted by Crippen LogP contribution is -1.93. The van der Waals surface area contributed by atoms with Crippen molar-refractivity contribution in [2.45, 2.75) is 13.5 Å². The molecule has 2 heterocycles. The number of rotatable bonds is 5. The fourth-order valence-corrected chi connectivity index (χ4v) is 1.77. The van der Waals surface area contributed by atoms with Gasteiger partial charge in [0.15, 0.2) is 5.76 Å². The molecule has 5 nitrogen and oxygen atoms in total. The number of aromatic nitrogens is 2. The molecular weight excluding hydrogens is 268 g/mol. The Kier molecular flexibility index (Phi) is 3.82. The average molecular weight is 282 g/mol. The standard InChI is InChI=1S/C16H14N2O3/c1-12-10-15(21-18-12)11-19-13-5-7-14(8-6-13)20-16-4-2-3-9-17-16/h2-10H,11H2,1H3. The summed E-state index contributed by atoms with van der Waals surface area (Å²) >= 11 is 0. The molecular formula is C16H14N2O3. The number of pyridine rings is 1. The minimum Gasteiger partial charge on any atom is -0.486 e. The summed E-state index contributed by atoms with van der Waals surface area (Å²) < 4.78 is 16.3. The van der Waals surface area contributed by atoms with Crippen LogP contribution < -0.4 is 9.47 Å². The molecule has 5 heteroatoms. The summed E-state index contributed by atoms with van der Waals surface area (Å²) in [6.07, 6.45) is 1.69. The van der Waals surface area contributed by atoms with Crippen LogP contribution in [0.2, 0.25) is 0 Å². The molecule has 0 spiro atoms. The molecule has 3 aromatic rings. The molecule has 0 radical (unpaired) electrons. The van der Waals surface area contributed by atoms with Crippen LogP contribution in [0.15, 0.2) is 59.3 Å². The first-order valence-electron chi connectivity index (χ1n) is 6.53. The monoisotopic (exact) mass is 282 g/mol. The average Bonchev–Trinajstić information content (AvgIpc) is 2.93. The van der Waals surface area contributed by atoms with E-state index in [2.05, 4.69) is 10.1 Å². The highest BCUT2D eigenvalue weighted by Crippen LogP contribution is 2.22. The van der Waals surface area contributed by atoms with Crippen molar-refractivity contribution in [3.05, 3.63) is 66.2 Å². The van der Waals surface area contributed by atoms with Gasteiger partial charge in [-0.25, -0.2) is 4.98 Å². The zero-order valence-corrected chi connectivity index (χ0v) is 11.5. The van der Waals surface area contributed by atoms with Crippen LogP contribution in [0.25, 0.3) is 0 Å². The Hall–Kier alpha value is -2.82. The summed E-state index contributed by atoms with van der Waals surface area (Å²) in [5.74, 6) is 2.69. The Morgan fingerprint density at radius 1 is 1.05 bits per heavy atom. The Balaban J connectivity index is 1.59. The molecule has 0 bridgehead atoms. The fourth-order valence-electron chi connectivity index (χ4n) is 1.77. The third-order valence-corrected chi connectivity index (χ3v) is 2.74. The van der Waals surface area contributed by atoms with Crippen molar-refractivity contribution in [2.75, 3.05) is 0 Å². The van der Waals surface area contributed by atoms with Crippen molar-refractivity contribution in [2.24, 2.45) is 0 Å². The van der Waals surface area contributed by atoms with Gasteiger partial charge >= 0.3 is 0 Å². The zero-order chi connectivity index (χ0) is 14.5. The Bertz CT molecular complexity index is 693. The first-order chi connectivity index (χ1) is 10.3. The maximum atomic E-state index is 5.61. The first kappa shape index (κ1) is 13.2. The third kappa shape index (κ3) is 3.60. The van der Waals surface area contributed by atoms with Crippen LogP contribution >= 0.6 is 0 Å². The SMILES string of the molecule is Cc1cc(COc2ccc(Oc3ccccn3)cc2)on1. The molecule has 1 aromatic carbocycles. The second-order valence-electron chi connectivity index (χ2n) is 4.46. The van der Waals surface area contributed by atoms with Gasteiger partial charge in [-0.15, -0.1) is 0 Å². The summed E-state index contributed by atoms with van der Waals surface area (Å²) in [6.45, 7) is 2.22. The minimum absolute atomic E-state index is 0.348. The van der Waals surface area contributed by atoms with Gasteiger partial charge in [0.1, 0.15) is 18.1 Å². The molecule has 0 aliphatic heterocycles. The van der Waals surface area contributed by atoms with Crippen molar-refractivity contribution >= 4 is 0 Å². The Labute approximate surface area is 122 Å². The van der Waals surface area contributed by atoms with Crippen LogP contribution in [0.1, 0.15) is 11.5 Å². The molecule has 106 valence electrons. The number of hydrogen-bond donors (Lipinski definition) is 0. The van der Waals surface area contributed by atoms with E-state index in [1.165, 1.54) is 0 Å². The molecule has 0 saturated heterocycles. The van der Waals surface area contributed by atoms with E-state index in [9.17, 15) is 0 Å². The Morgan fingerprint density at radius 2 is 1.86 bits per heavy atom. The van der Waals surface area contributed by atoms with Crippen molar-refractivity contribution in [3.8, 4) is 17.4 Å². The van der Waals surface area contributed by atoms with Crippen molar-refractivity contribution < 1.29 is 14.0 Å². The number of aryl methyl sites for hydroxylation is 1. The van der Waals surface area contributed by atoms with Crippen molar-refractivity contribution in [1.29, 1.82) is 0 Å². The largest absolute Gasteiger partial charge is 0.486 e. The quantitative estimate of drug-likeness (QED) is 0.713. The van der Waals surface area contributed by atoms with Crippen LogP contribution in [0.4, 0.5) is 0 Å². The summed E-state index contributed by atoms with van der Waals surface area (Å²) in [5, 5.41) is 3.81. The van der Waals surface area contributed by atoms with E-state index in [1.54, 1.807) is 12.3 Å². The third-order valence-electron chi connectivity index (χ3n) is 2.74. The molecule has 0 unspecified atom stereocenters. The second-order valence-corrected chi connectivity index (χ2v) is 4.46. The summed E-state index contributed by atoms with van der Waals surface area (Å²) in [4.78, 5) is 4.10. The molecule has 3 rings (SSSR count). The van der Waals surface area contributed by atoms with Crippen LogP contribution in [0.5, 0.6) is 17.4 Å². The minimum atomic E-state index is 0.348. The van der Waals surface area contributed by atoms with Gasteiger partial charge in [0.2, 0.25) is 5.88 Å². The molecule has 0 amide bonds. The van der Waals surface area contributed by atoms with Crippen molar-refractivity contribution in [3.63, 3.8) is 0 Å². The lowest BCUT2D eigenvalue weighted by molar-refractivity contribution is 0.248. The molecule has 0 aliphatic carbocycles. The van der Waals surface area contributed by atoms with Crippen LogP contribution in [-0.4, -0.2) is 10.1 Å². The van der Waals surface area contributed by atoms with E-state index in [0.29, 0.717) is 24.0 Å². The van der Waals surface area contributed by atoms with Crippen molar-refractivity contribution in [1.82, 2.24) is 10.1 Å². The number of benzene rings is 1. The summed E-state index contributed by atoms with van der Waals surface area (Å²) in [7, 11) is 0. The molecule has 0 atom stereocenters. The van der Waals surface area contributed by atoms with E-state index >= 15 is 0 Å². The highest BCUT2D eigenvalue weighted by Gasteiger charge is 2.03. The van der Waals surface area contributed by atoms with Gasteiger partial charge in [-0.2, -0.15) is 0 Å². The van der Waals surface area contributed by atoms with E-state index in [4.69, 9.17) is 14.0 Å². The normalized spacial score (nSPS) is 10.3. The highest BCUT2D eigenvalue weighted by atomic mass is 16.5. The Morgan fingerprint density at radius 3 is 2.52 bits per heavy atom. The smallest absolute Gasteiger partial charge is 0.219 e. The number of nitrogens with zero attached hydrogens (tertiary/aromatic N) is 2. The lowest BCUT2D eigenvalue weighted by Gasteiger charge is -2.06. The van der Waals surface area contributed by atoms with E-state index in [-0.39, 0.29) is 0 Å². The van der Waals surface area contributed by atoms with Crippen LogP contribution in [-0.2, 0) is 6.61 Å². The predicted molar refractivity (Wildman–Crippen MR) is 76.3 cm³/mol.